The van der Waals surface area contributed by atoms with E-state index >= 15 is 0 Å². The van der Waals surface area contributed by atoms with Crippen molar-refractivity contribution in [3.8, 4) is 11.4 Å². The normalized spacial score (nSPS) is 14.3. The van der Waals surface area contributed by atoms with Gasteiger partial charge < -0.3 is 9.64 Å². The zero-order chi connectivity index (χ0) is 23.5. The molecule has 0 radical (unpaired) electrons. The van der Waals surface area contributed by atoms with E-state index in [2.05, 4.69) is 22.1 Å². The van der Waals surface area contributed by atoms with Gasteiger partial charge in [0, 0.05) is 38.1 Å². The Hall–Kier alpha value is -3.97. The number of carbonyl (C=O) groups is 1. The van der Waals surface area contributed by atoms with Gasteiger partial charge in [-0.1, -0.05) is 48.5 Å². The van der Waals surface area contributed by atoms with Gasteiger partial charge in [0.15, 0.2) is 5.69 Å². The van der Waals surface area contributed by atoms with Crippen LogP contribution in [0.2, 0.25) is 0 Å². The Morgan fingerprint density at radius 1 is 0.853 bits per heavy atom. The maximum absolute atomic E-state index is 13.6. The van der Waals surface area contributed by atoms with Gasteiger partial charge >= 0.3 is 0 Å². The van der Waals surface area contributed by atoms with Gasteiger partial charge in [-0.15, -0.1) is 0 Å². The highest BCUT2D eigenvalue weighted by atomic mass is 16.5. The number of hydrogen-bond donors (Lipinski definition) is 0. The van der Waals surface area contributed by atoms with E-state index in [9.17, 15) is 9.59 Å². The second-order valence-corrected chi connectivity index (χ2v) is 8.36. The van der Waals surface area contributed by atoms with Gasteiger partial charge in [0.2, 0.25) is 0 Å². The molecule has 1 amide bonds. The summed E-state index contributed by atoms with van der Waals surface area (Å²) in [4.78, 5) is 31.0. The minimum Gasteiger partial charge on any atom is -0.497 e. The monoisotopic (exact) mass is 454 g/mol. The molecule has 4 aromatic rings. The molecule has 0 unspecified atom stereocenters. The Morgan fingerprint density at radius 3 is 2.18 bits per heavy atom. The number of carbonyl (C=O) groups excluding carboxylic acids is 1. The van der Waals surface area contributed by atoms with Crippen LogP contribution < -0.4 is 10.3 Å². The molecule has 0 N–H and O–H groups in total. The summed E-state index contributed by atoms with van der Waals surface area (Å²) in [5, 5.41) is 5.60. The van der Waals surface area contributed by atoms with E-state index in [4.69, 9.17) is 4.74 Å². The van der Waals surface area contributed by atoms with Crippen molar-refractivity contribution in [3.05, 3.63) is 100 Å². The maximum atomic E-state index is 13.6. The van der Waals surface area contributed by atoms with Crippen LogP contribution in [0.4, 0.5) is 0 Å². The third kappa shape index (κ3) is 4.30. The second kappa shape index (κ2) is 9.49. The molecule has 172 valence electrons. The van der Waals surface area contributed by atoms with Crippen molar-refractivity contribution in [1.82, 2.24) is 19.6 Å². The van der Waals surface area contributed by atoms with Crippen LogP contribution in [-0.2, 0) is 6.54 Å². The summed E-state index contributed by atoms with van der Waals surface area (Å²) in [7, 11) is 1.59. The Kier molecular flexibility index (Phi) is 6.10. The zero-order valence-corrected chi connectivity index (χ0v) is 19.1. The fraction of sp³-hybridized carbons (Fsp3) is 0.222. The summed E-state index contributed by atoms with van der Waals surface area (Å²) in [6.45, 7) is 3.67. The van der Waals surface area contributed by atoms with E-state index in [1.54, 1.807) is 49.6 Å². The highest BCUT2D eigenvalue weighted by molar-refractivity contribution is 6.04. The number of amides is 1. The number of piperazine rings is 1. The second-order valence-electron chi connectivity index (χ2n) is 8.36. The molecular weight excluding hydrogens is 428 g/mol. The van der Waals surface area contributed by atoms with Gasteiger partial charge in [-0.05, 0) is 35.9 Å². The smallest absolute Gasteiger partial charge is 0.279 e. The largest absolute Gasteiger partial charge is 0.497 e. The molecule has 0 saturated carbocycles. The van der Waals surface area contributed by atoms with Gasteiger partial charge in [0.05, 0.1) is 18.2 Å². The molecular formula is C27H26N4O3. The Balaban J connectivity index is 1.43. The molecule has 1 aromatic heterocycles. The highest BCUT2D eigenvalue weighted by Gasteiger charge is 2.26. The predicted molar refractivity (Wildman–Crippen MR) is 132 cm³/mol. The van der Waals surface area contributed by atoms with Crippen LogP contribution in [0.25, 0.3) is 16.5 Å². The number of aromatic nitrogens is 2. The van der Waals surface area contributed by atoms with Crippen molar-refractivity contribution in [2.75, 3.05) is 33.3 Å². The lowest BCUT2D eigenvalue weighted by Gasteiger charge is -2.34. The van der Waals surface area contributed by atoms with Crippen LogP contribution in [0.3, 0.4) is 0 Å². The van der Waals surface area contributed by atoms with Crippen LogP contribution >= 0.6 is 0 Å². The molecule has 1 aliphatic rings. The van der Waals surface area contributed by atoms with Crippen molar-refractivity contribution in [3.63, 3.8) is 0 Å². The molecule has 7 nitrogen and oxygen atoms in total. The zero-order valence-electron chi connectivity index (χ0n) is 19.1. The number of ether oxygens (including phenoxy) is 1. The SMILES string of the molecule is COc1ccc(-n2nc(C(=O)N3CCN(Cc4ccccc4)CC3)c3ccccc3c2=O)cc1. The van der Waals surface area contributed by atoms with E-state index < -0.39 is 0 Å². The number of methoxy groups -OCH3 is 1. The number of nitrogens with zero attached hydrogens (tertiary/aromatic N) is 4. The fourth-order valence-electron chi connectivity index (χ4n) is 4.35. The Labute approximate surface area is 197 Å². The van der Waals surface area contributed by atoms with Gasteiger partial charge in [0.1, 0.15) is 5.75 Å². The van der Waals surface area contributed by atoms with Crippen molar-refractivity contribution in [2.45, 2.75) is 6.54 Å². The third-order valence-electron chi connectivity index (χ3n) is 6.23. The van der Waals surface area contributed by atoms with Crippen molar-refractivity contribution in [2.24, 2.45) is 0 Å². The molecule has 7 heteroatoms. The van der Waals surface area contributed by atoms with Crippen LogP contribution in [0, 0.1) is 0 Å². The quantitative estimate of drug-likeness (QED) is 0.463. The predicted octanol–water partition coefficient (Wildman–Crippen LogP) is 3.35. The van der Waals surface area contributed by atoms with E-state index in [0.717, 1.165) is 19.6 Å². The average molecular weight is 455 g/mol. The number of hydrogen-bond acceptors (Lipinski definition) is 5. The first-order valence-electron chi connectivity index (χ1n) is 11.4. The van der Waals surface area contributed by atoms with Gasteiger partial charge in [-0.25, -0.2) is 0 Å². The minimum absolute atomic E-state index is 0.155. The summed E-state index contributed by atoms with van der Waals surface area (Å²) >= 11 is 0. The molecule has 0 spiro atoms. The van der Waals surface area contributed by atoms with Gasteiger partial charge in [-0.2, -0.15) is 9.78 Å². The summed E-state index contributed by atoms with van der Waals surface area (Å²) in [6.07, 6.45) is 0. The van der Waals surface area contributed by atoms with Crippen molar-refractivity contribution < 1.29 is 9.53 Å². The van der Waals surface area contributed by atoms with Crippen LogP contribution in [0.1, 0.15) is 16.1 Å². The number of benzene rings is 3. The van der Waals surface area contributed by atoms with Gasteiger partial charge in [0.25, 0.3) is 11.5 Å². The third-order valence-corrected chi connectivity index (χ3v) is 6.23. The van der Waals surface area contributed by atoms with E-state index in [1.807, 2.05) is 29.2 Å². The van der Waals surface area contributed by atoms with Crippen molar-refractivity contribution in [1.29, 1.82) is 0 Å². The standard InChI is InChI=1S/C27H26N4O3/c1-34-22-13-11-21(12-14-22)31-26(32)24-10-6-5-9-23(24)25(28-31)27(33)30-17-15-29(16-18-30)19-20-7-3-2-4-8-20/h2-14H,15-19H2,1H3. The summed E-state index contributed by atoms with van der Waals surface area (Å²) in [6, 6.07) is 24.6. The molecule has 2 heterocycles. The first kappa shape index (κ1) is 21.9. The van der Waals surface area contributed by atoms with Gasteiger partial charge in [-0.3, -0.25) is 14.5 Å². The van der Waals surface area contributed by atoms with Crippen LogP contribution in [0.15, 0.2) is 83.7 Å². The summed E-state index contributed by atoms with van der Waals surface area (Å²) < 4.78 is 6.53. The minimum atomic E-state index is -0.259. The Bertz CT molecular complexity index is 1360. The first-order valence-corrected chi connectivity index (χ1v) is 11.4. The molecule has 0 bridgehead atoms. The summed E-state index contributed by atoms with van der Waals surface area (Å²) in [5.41, 5.74) is 1.88. The number of rotatable bonds is 5. The average Bonchev–Trinajstić information content (AvgIpc) is 2.90. The molecule has 0 aliphatic carbocycles. The van der Waals surface area contributed by atoms with Crippen LogP contribution in [-0.4, -0.2) is 58.8 Å². The topological polar surface area (TPSA) is 67.7 Å². The lowest BCUT2D eigenvalue weighted by Crippen LogP contribution is -2.48. The number of fused-ring (bicyclic) bond motifs is 1. The van der Waals surface area contributed by atoms with E-state index in [0.29, 0.717) is 41.0 Å². The lowest BCUT2D eigenvalue weighted by atomic mass is 10.1. The van der Waals surface area contributed by atoms with Crippen LogP contribution in [0.5, 0.6) is 5.75 Å². The first-order chi connectivity index (χ1) is 16.6. The molecule has 34 heavy (non-hydrogen) atoms. The lowest BCUT2D eigenvalue weighted by molar-refractivity contribution is 0.0623. The maximum Gasteiger partial charge on any atom is 0.279 e. The van der Waals surface area contributed by atoms with E-state index in [-0.39, 0.29) is 11.5 Å². The molecule has 0 atom stereocenters. The van der Waals surface area contributed by atoms with E-state index in [1.165, 1.54) is 10.2 Å². The van der Waals surface area contributed by atoms with Crippen molar-refractivity contribution >= 4 is 16.7 Å². The highest BCUT2D eigenvalue weighted by Crippen LogP contribution is 2.19. The molecule has 1 aliphatic heterocycles. The Morgan fingerprint density at radius 2 is 1.50 bits per heavy atom. The molecule has 5 rings (SSSR count). The summed E-state index contributed by atoms with van der Waals surface area (Å²) in [5.74, 6) is 0.528. The molecule has 1 saturated heterocycles. The molecule has 1 fully saturated rings. The molecule has 3 aromatic carbocycles. The fourth-order valence-corrected chi connectivity index (χ4v) is 4.35.